The number of ether oxygens (including phenoxy) is 2. The molecule has 0 radical (unpaired) electrons. The molecule has 8 heteroatoms. The van der Waals surface area contributed by atoms with E-state index in [9.17, 15) is 5.11 Å². The predicted octanol–water partition coefficient (Wildman–Crippen LogP) is 2.62. The molecule has 156 valence electrons. The number of methoxy groups -OCH3 is 1. The molecule has 2 N–H and O–H groups in total. The van der Waals surface area contributed by atoms with E-state index >= 15 is 0 Å². The third-order valence-corrected chi connectivity index (χ3v) is 6.80. The summed E-state index contributed by atoms with van der Waals surface area (Å²) < 4.78 is 12.8. The highest BCUT2D eigenvalue weighted by molar-refractivity contribution is 7.17. The zero-order valence-electron chi connectivity index (χ0n) is 17.4. The van der Waals surface area contributed by atoms with Crippen molar-refractivity contribution in [2.75, 3.05) is 26.8 Å². The highest BCUT2D eigenvalue weighted by Crippen LogP contribution is 2.38. The molecule has 1 saturated heterocycles. The number of hydrogen-bond donors (Lipinski definition) is 2. The Hall–Kier alpha value is -2.32. The fourth-order valence-electron chi connectivity index (χ4n) is 4.17. The quantitative estimate of drug-likeness (QED) is 0.645. The average molecular weight is 418 g/mol. The molecule has 0 saturated carbocycles. The first kappa shape index (κ1) is 20.0. The third-order valence-electron chi connectivity index (χ3n) is 5.71. The molecule has 3 aromatic rings. The minimum atomic E-state index is 0.000817. The van der Waals surface area contributed by atoms with Gasteiger partial charge in [-0.05, 0) is 50.8 Å². The molecule has 7 nitrogen and oxygen atoms in total. The molecule has 0 amide bonds. The van der Waals surface area contributed by atoms with Gasteiger partial charge in [0.05, 0.1) is 26.8 Å². The van der Waals surface area contributed by atoms with Crippen molar-refractivity contribution in [3.05, 3.63) is 34.5 Å². The van der Waals surface area contributed by atoms with Gasteiger partial charge in [-0.1, -0.05) is 18.3 Å². The van der Waals surface area contributed by atoms with E-state index in [1.165, 1.54) is 29.1 Å². The summed E-state index contributed by atoms with van der Waals surface area (Å²) in [5, 5.41) is 15.3. The van der Waals surface area contributed by atoms with Crippen LogP contribution in [0.15, 0.2) is 18.2 Å². The zero-order valence-corrected chi connectivity index (χ0v) is 18.3. The number of nitrogens with one attached hydrogen (secondary N) is 1. The number of fused-ring (bicyclic) bond motifs is 1. The Kier molecular flexibility index (Phi) is 5.65. The van der Waals surface area contributed by atoms with E-state index in [1.807, 2.05) is 26.0 Å². The molecule has 0 bridgehead atoms. The number of aryl methyl sites for hydroxylation is 1. The van der Waals surface area contributed by atoms with Crippen molar-refractivity contribution in [1.82, 2.24) is 14.6 Å². The first-order valence-corrected chi connectivity index (χ1v) is 11.0. The average Bonchev–Trinajstić information content (AvgIpc) is 3.22. The van der Waals surface area contributed by atoms with Crippen molar-refractivity contribution in [2.45, 2.75) is 39.7 Å². The van der Waals surface area contributed by atoms with Gasteiger partial charge in [0.15, 0.2) is 17.5 Å². The zero-order chi connectivity index (χ0) is 20.5. The van der Waals surface area contributed by atoms with Crippen molar-refractivity contribution in [3.8, 4) is 17.4 Å². The Morgan fingerprint density at radius 2 is 2.07 bits per heavy atom. The van der Waals surface area contributed by atoms with Gasteiger partial charge in [-0.25, -0.2) is 4.98 Å². The Bertz CT molecular complexity index is 991. The van der Waals surface area contributed by atoms with Crippen LogP contribution in [-0.2, 0) is 0 Å². The van der Waals surface area contributed by atoms with Crippen LogP contribution in [0.3, 0.4) is 0 Å². The number of benzene rings is 1. The van der Waals surface area contributed by atoms with Gasteiger partial charge in [0.2, 0.25) is 10.8 Å². The van der Waals surface area contributed by atoms with Gasteiger partial charge >= 0.3 is 0 Å². The van der Waals surface area contributed by atoms with Crippen molar-refractivity contribution >= 4 is 16.3 Å². The van der Waals surface area contributed by atoms with Crippen molar-refractivity contribution in [3.63, 3.8) is 0 Å². The van der Waals surface area contributed by atoms with Crippen LogP contribution in [0.2, 0.25) is 0 Å². The van der Waals surface area contributed by atoms with Crippen LogP contribution in [0.25, 0.3) is 4.96 Å². The van der Waals surface area contributed by atoms with Gasteiger partial charge < -0.3 is 19.5 Å². The molecule has 3 heterocycles. The van der Waals surface area contributed by atoms with Gasteiger partial charge in [-0.15, -0.1) is 5.10 Å². The monoisotopic (exact) mass is 417 g/mol. The summed E-state index contributed by atoms with van der Waals surface area (Å²) in [7, 11) is 1.66. The topological polar surface area (TPSA) is 73.3 Å². The summed E-state index contributed by atoms with van der Waals surface area (Å²) in [6, 6.07) is 6.10. The maximum Gasteiger partial charge on any atom is 0.235 e. The molecule has 0 aliphatic carbocycles. The van der Waals surface area contributed by atoms with Crippen molar-refractivity contribution in [1.29, 1.82) is 0 Å². The van der Waals surface area contributed by atoms with Gasteiger partial charge in [-0.2, -0.15) is 4.52 Å². The number of likely N-dealkylation sites (tertiary alicyclic amines) is 1. The summed E-state index contributed by atoms with van der Waals surface area (Å²) in [6.07, 6.45) is 2.36. The highest BCUT2D eigenvalue weighted by Gasteiger charge is 2.35. The SMILES string of the molecule is CCOc1ccc([C@@H](c2sc3nc(C)nn3c2O)[NH+]2CCC(C)CC2)cc1OC. The summed E-state index contributed by atoms with van der Waals surface area (Å²) in [6.45, 7) is 8.83. The molecule has 1 fully saturated rings. The van der Waals surface area contributed by atoms with E-state index in [1.54, 1.807) is 11.6 Å². The molecule has 1 aliphatic rings. The number of piperidine rings is 1. The summed E-state index contributed by atoms with van der Waals surface area (Å²) in [5.74, 6) is 3.05. The van der Waals surface area contributed by atoms with E-state index < -0.39 is 0 Å². The molecule has 1 aliphatic heterocycles. The third kappa shape index (κ3) is 3.79. The van der Waals surface area contributed by atoms with Crippen LogP contribution in [-0.4, -0.2) is 46.5 Å². The minimum absolute atomic E-state index is 0.000817. The first-order chi connectivity index (χ1) is 14.0. The minimum Gasteiger partial charge on any atom is -0.493 e. The smallest absolute Gasteiger partial charge is 0.235 e. The second kappa shape index (κ2) is 8.20. The number of thiazole rings is 1. The fourth-order valence-corrected chi connectivity index (χ4v) is 5.36. The van der Waals surface area contributed by atoms with E-state index in [4.69, 9.17) is 9.47 Å². The maximum absolute atomic E-state index is 11.0. The molecule has 1 atom stereocenters. The maximum atomic E-state index is 11.0. The Morgan fingerprint density at radius 3 is 2.72 bits per heavy atom. The van der Waals surface area contributed by atoms with Crippen molar-refractivity contribution < 1.29 is 19.5 Å². The van der Waals surface area contributed by atoms with Crippen LogP contribution in [0.5, 0.6) is 17.4 Å². The first-order valence-electron chi connectivity index (χ1n) is 10.2. The summed E-state index contributed by atoms with van der Waals surface area (Å²) in [4.78, 5) is 7.53. The van der Waals surface area contributed by atoms with Gasteiger partial charge in [0.1, 0.15) is 10.7 Å². The number of nitrogens with zero attached hydrogens (tertiary/aromatic N) is 3. The second-order valence-electron chi connectivity index (χ2n) is 7.76. The van der Waals surface area contributed by atoms with Crippen LogP contribution in [0, 0.1) is 12.8 Å². The summed E-state index contributed by atoms with van der Waals surface area (Å²) >= 11 is 1.52. The van der Waals surface area contributed by atoms with Gasteiger partial charge in [-0.3, -0.25) is 0 Å². The Morgan fingerprint density at radius 1 is 1.31 bits per heavy atom. The number of hydrogen-bond acceptors (Lipinski definition) is 6. The van der Waals surface area contributed by atoms with Crippen molar-refractivity contribution in [2.24, 2.45) is 5.92 Å². The molecule has 0 unspecified atom stereocenters. The van der Waals surface area contributed by atoms with Crippen LogP contribution >= 0.6 is 11.3 Å². The lowest BCUT2D eigenvalue weighted by molar-refractivity contribution is -0.931. The lowest BCUT2D eigenvalue weighted by Crippen LogP contribution is -3.13. The van der Waals surface area contributed by atoms with E-state index in [0.717, 1.165) is 40.2 Å². The molecular weight excluding hydrogens is 388 g/mol. The second-order valence-corrected chi connectivity index (χ2v) is 8.77. The predicted molar refractivity (Wildman–Crippen MR) is 112 cm³/mol. The highest BCUT2D eigenvalue weighted by atomic mass is 32.1. The number of quaternary nitrogens is 1. The fraction of sp³-hybridized carbons (Fsp3) is 0.524. The summed E-state index contributed by atoms with van der Waals surface area (Å²) in [5.41, 5.74) is 1.10. The van der Waals surface area contributed by atoms with Crippen LogP contribution < -0.4 is 14.4 Å². The van der Waals surface area contributed by atoms with Crippen LogP contribution in [0.4, 0.5) is 0 Å². The molecule has 29 heavy (non-hydrogen) atoms. The normalized spacial score (nSPS) is 20.7. The van der Waals surface area contributed by atoms with E-state index in [-0.39, 0.29) is 11.9 Å². The molecule has 4 rings (SSSR count). The van der Waals surface area contributed by atoms with Crippen LogP contribution in [0.1, 0.15) is 49.0 Å². The van der Waals surface area contributed by atoms with Gasteiger partial charge in [0.25, 0.3) is 0 Å². The van der Waals surface area contributed by atoms with Gasteiger partial charge in [0, 0.05) is 5.56 Å². The number of aromatic nitrogens is 3. The number of aromatic hydroxyl groups is 1. The van der Waals surface area contributed by atoms with E-state index in [2.05, 4.69) is 23.1 Å². The molecule has 2 aromatic heterocycles. The lowest BCUT2D eigenvalue weighted by atomic mass is 9.95. The largest absolute Gasteiger partial charge is 0.493 e. The number of rotatable bonds is 6. The molecule has 1 aromatic carbocycles. The molecular formula is C21H29N4O3S+. The van der Waals surface area contributed by atoms with E-state index in [0.29, 0.717) is 18.2 Å². The molecule has 0 spiro atoms. The Balaban J connectivity index is 1.80. The lowest BCUT2D eigenvalue weighted by Gasteiger charge is -2.33. The Labute approximate surface area is 174 Å². The standard InChI is InChI=1S/C21H28N4O3S/c1-5-28-16-7-6-15(12-17(16)27-4)18(24-10-8-13(2)9-11-24)19-20(26)25-21(29-19)22-14(3)23-25/h6-7,12-13,18,26H,5,8-11H2,1-4H3/p+1/t18-/m0/s1.